The maximum atomic E-state index is 12.4. The number of carboxylic acids is 1. The molecular weight excluding hydrogens is 310 g/mol. The number of carbonyl (C=O) groups excluding carboxylic acids is 1. The van der Waals surface area contributed by atoms with Gasteiger partial charge in [-0.1, -0.05) is 19.6 Å². The zero-order valence-electron chi connectivity index (χ0n) is 13.8. The van der Waals surface area contributed by atoms with Crippen LogP contribution in [0.1, 0.15) is 30.3 Å². The molecule has 1 fully saturated rings. The first-order valence-electron chi connectivity index (χ1n) is 8.00. The maximum absolute atomic E-state index is 12.4. The van der Waals surface area contributed by atoms with Crippen LogP contribution in [0.3, 0.4) is 0 Å². The predicted molar refractivity (Wildman–Crippen MR) is 89.1 cm³/mol. The third-order valence-electron chi connectivity index (χ3n) is 4.05. The van der Waals surface area contributed by atoms with Crippen molar-refractivity contribution in [1.29, 1.82) is 0 Å². The number of ether oxygens (including phenoxy) is 1. The second-order valence-electron chi connectivity index (χ2n) is 5.70. The summed E-state index contributed by atoms with van der Waals surface area (Å²) >= 11 is 0. The Morgan fingerprint density at radius 1 is 1.54 bits per heavy atom. The standard InChI is InChI=1S/C17H23N3O4/c1-3-8-24-14-6-5-7-18-16(14)17(23)19-12-9-13(10-12)20(4-2)11-15(21)22/h3,5-7,12-13H,1,4,8-11H2,2H3,(H,19,23)(H,21,22). The highest BCUT2D eigenvalue weighted by molar-refractivity contribution is 5.95. The molecule has 7 heteroatoms. The van der Waals surface area contributed by atoms with Gasteiger partial charge >= 0.3 is 5.97 Å². The second kappa shape index (κ2) is 8.44. The number of aliphatic carboxylic acids is 1. The van der Waals surface area contributed by atoms with E-state index in [0.29, 0.717) is 18.9 Å². The molecular formula is C17H23N3O4. The summed E-state index contributed by atoms with van der Waals surface area (Å²) in [6.45, 7) is 6.53. The van der Waals surface area contributed by atoms with Gasteiger partial charge in [0.05, 0.1) is 6.54 Å². The van der Waals surface area contributed by atoms with E-state index in [1.807, 2.05) is 11.8 Å². The second-order valence-corrected chi connectivity index (χ2v) is 5.70. The Balaban J connectivity index is 1.89. The summed E-state index contributed by atoms with van der Waals surface area (Å²) in [6.07, 6.45) is 4.63. The Kier molecular flexibility index (Phi) is 6.31. The van der Waals surface area contributed by atoms with Crippen LogP contribution < -0.4 is 10.1 Å². The van der Waals surface area contributed by atoms with Crippen molar-refractivity contribution in [2.75, 3.05) is 19.7 Å². The lowest BCUT2D eigenvalue weighted by molar-refractivity contribution is -0.139. The highest BCUT2D eigenvalue weighted by Crippen LogP contribution is 2.26. The van der Waals surface area contributed by atoms with E-state index in [9.17, 15) is 9.59 Å². The number of carboxylic acid groups (broad SMARTS) is 1. The van der Waals surface area contributed by atoms with E-state index in [1.165, 1.54) is 0 Å². The summed E-state index contributed by atoms with van der Waals surface area (Å²) in [6, 6.07) is 3.62. The molecule has 0 unspecified atom stereocenters. The maximum Gasteiger partial charge on any atom is 0.317 e. The van der Waals surface area contributed by atoms with Gasteiger partial charge in [-0.3, -0.25) is 14.5 Å². The van der Waals surface area contributed by atoms with Crippen molar-refractivity contribution in [2.45, 2.75) is 31.8 Å². The zero-order valence-corrected chi connectivity index (χ0v) is 13.8. The van der Waals surface area contributed by atoms with E-state index >= 15 is 0 Å². The molecule has 1 aliphatic carbocycles. The van der Waals surface area contributed by atoms with Crippen molar-refractivity contribution in [3.63, 3.8) is 0 Å². The molecule has 0 aliphatic heterocycles. The van der Waals surface area contributed by atoms with Crippen molar-refractivity contribution >= 4 is 11.9 Å². The van der Waals surface area contributed by atoms with Crippen LogP contribution in [0.2, 0.25) is 0 Å². The molecule has 0 radical (unpaired) electrons. The van der Waals surface area contributed by atoms with Gasteiger partial charge in [0.25, 0.3) is 5.91 Å². The average Bonchev–Trinajstić information content (AvgIpc) is 2.53. The van der Waals surface area contributed by atoms with E-state index in [4.69, 9.17) is 9.84 Å². The van der Waals surface area contributed by atoms with Crippen molar-refractivity contribution in [3.05, 3.63) is 36.7 Å². The smallest absolute Gasteiger partial charge is 0.317 e. The van der Waals surface area contributed by atoms with Crippen LogP contribution in [-0.2, 0) is 4.79 Å². The Hall–Kier alpha value is -2.41. The molecule has 0 spiro atoms. The molecule has 24 heavy (non-hydrogen) atoms. The predicted octanol–water partition coefficient (Wildman–Crippen LogP) is 1.31. The van der Waals surface area contributed by atoms with Crippen molar-refractivity contribution in [1.82, 2.24) is 15.2 Å². The molecule has 0 bridgehead atoms. The van der Waals surface area contributed by atoms with Gasteiger partial charge in [0, 0.05) is 18.3 Å². The van der Waals surface area contributed by atoms with Crippen molar-refractivity contribution in [3.8, 4) is 5.75 Å². The fraction of sp³-hybridized carbons (Fsp3) is 0.471. The van der Waals surface area contributed by atoms with E-state index < -0.39 is 5.97 Å². The highest BCUT2D eigenvalue weighted by atomic mass is 16.5. The number of likely N-dealkylation sites (N-methyl/N-ethyl adjacent to an activating group) is 1. The molecule has 1 aromatic heterocycles. The van der Waals surface area contributed by atoms with Crippen molar-refractivity contribution < 1.29 is 19.4 Å². The lowest BCUT2D eigenvalue weighted by Gasteiger charge is -2.42. The number of aromatic nitrogens is 1. The normalized spacial score (nSPS) is 19.4. The van der Waals surface area contributed by atoms with Crippen LogP contribution in [-0.4, -0.2) is 58.6 Å². The minimum absolute atomic E-state index is 0.0274. The van der Waals surface area contributed by atoms with E-state index in [1.54, 1.807) is 24.4 Å². The fourth-order valence-electron chi connectivity index (χ4n) is 2.76. The Morgan fingerprint density at radius 2 is 2.29 bits per heavy atom. The van der Waals surface area contributed by atoms with Crippen LogP contribution in [0.4, 0.5) is 0 Å². The summed E-state index contributed by atoms with van der Waals surface area (Å²) in [5, 5.41) is 11.8. The molecule has 2 rings (SSSR count). The summed E-state index contributed by atoms with van der Waals surface area (Å²) in [7, 11) is 0. The van der Waals surface area contributed by atoms with Crippen molar-refractivity contribution in [2.24, 2.45) is 0 Å². The SMILES string of the molecule is C=CCOc1cccnc1C(=O)NC1CC(N(CC)CC(=O)O)C1. The first-order valence-corrected chi connectivity index (χ1v) is 8.00. The van der Waals surface area contributed by atoms with Gasteiger partial charge in [0.15, 0.2) is 11.4 Å². The molecule has 1 saturated carbocycles. The Morgan fingerprint density at radius 3 is 2.92 bits per heavy atom. The Labute approximate surface area is 141 Å². The van der Waals surface area contributed by atoms with Gasteiger partial charge in [-0.25, -0.2) is 4.98 Å². The number of hydrogen-bond acceptors (Lipinski definition) is 5. The lowest BCUT2D eigenvalue weighted by atomic mass is 9.85. The summed E-state index contributed by atoms with van der Waals surface area (Å²) in [5.41, 5.74) is 0.251. The molecule has 1 amide bonds. The van der Waals surface area contributed by atoms with Gasteiger partial charge < -0.3 is 15.2 Å². The monoisotopic (exact) mass is 333 g/mol. The quantitative estimate of drug-likeness (QED) is 0.662. The summed E-state index contributed by atoms with van der Waals surface area (Å²) in [5.74, 6) is -0.687. The molecule has 7 nitrogen and oxygen atoms in total. The molecule has 0 saturated heterocycles. The molecule has 0 aromatic carbocycles. The van der Waals surface area contributed by atoms with Gasteiger partial charge in [-0.15, -0.1) is 0 Å². The number of amides is 1. The Bertz CT molecular complexity index is 599. The van der Waals surface area contributed by atoms with Gasteiger partial charge in [0.1, 0.15) is 6.61 Å². The van der Waals surface area contributed by atoms with Crippen LogP contribution >= 0.6 is 0 Å². The van der Waals surface area contributed by atoms with E-state index in [-0.39, 0.29) is 30.2 Å². The largest absolute Gasteiger partial charge is 0.487 e. The molecule has 2 N–H and O–H groups in total. The van der Waals surface area contributed by atoms with Gasteiger partial charge in [-0.2, -0.15) is 0 Å². The highest BCUT2D eigenvalue weighted by Gasteiger charge is 2.35. The fourth-order valence-corrected chi connectivity index (χ4v) is 2.76. The van der Waals surface area contributed by atoms with Gasteiger partial charge in [-0.05, 0) is 31.5 Å². The third-order valence-corrected chi connectivity index (χ3v) is 4.05. The number of nitrogens with one attached hydrogen (secondary N) is 1. The van der Waals surface area contributed by atoms with E-state index in [2.05, 4.69) is 16.9 Å². The zero-order chi connectivity index (χ0) is 17.5. The van der Waals surface area contributed by atoms with Crippen LogP contribution in [0.25, 0.3) is 0 Å². The number of nitrogens with zero attached hydrogens (tertiary/aromatic N) is 2. The summed E-state index contributed by atoms with van der Waals surface area (Å²) < 4.78 is 5.45. The first-order chi connectivity index (χ1) is 11.5. The molecule has 130 valence electrons. The third kappa shape index (κ3) is 4.55. The van der Waals surface area contributed by atoms with Gasteiger partial charge in [0.2, 0.25) is 0 Å². The van der Waals surface area contributed by atoms with E-state index in [0.717, 1.165) is 12.8 Å². The number of rotatable bonds is 9. The molecule has 0 atom stereocenters. The minimum Gasteiger partial charge on any atom is -0.487 e. The van der Waals surface area contributed by atoms with Crippen LogP contribution in [0.15, 0.2) is 31.0 Å². The number of pyridine rings is 1. The van der Waals surface area contributed by atoms with Crippen LogP contribution in [0, 0.1) is 0 Å². The molecule has 1 heterocycles. The lowest BCUT2D eigenvalue weighted by Crippen LogP contribution is -2.54. The molecule has 1 aromatic rings. The minimum atomic E-state index is -0.832. The summed E-state index contributed by atoms with van der Waals surface area (Å²) in [4.78, 5) is 29.2. The number of carbonyl (C=O) groups is 2. The average molecular weight is 333 g/mol. The number of hydrogen-bond donors (Lipinski definition) is 2. The topological polar surface area (TPSA) is 91.8 Å². The van der Waals surface area contributed by atoms with Crippen LogP contribution in [0.5, 0.6) is 5.75 Å². The molecule has 1 aliphatic rings. The first kappa shape index (κ1) is 17.9.